The van der Waals surface area contributed by atoms with Gasteiger partial charge < -0.3 is 19.8 Å². The molecule has 0 spiro atoms. The Bertz CT molecular complexity index is 1340. The van der Waals surface area contributed by atoms with E-state index in [4.69, 9.17) is 14.7 Å². The molecule has 0 aromatic heterocycles. The van der Waals surface area contributed by atoms with Crippen molar-refractivity contribution < 1.29 is 37.8 Å². The summed E-state index contributed by atoms with van der Waals surface area (Å²) in [5, 5.41) is 23.8. The molecule has 0 bridgehead atoms. The van der Waals surface area contributed by atoms with Crippen LogP contribution in [0.1, 0.15) is 48.8 Å². The Hall–Kier alpha value is -3.95. The Labute approximate surface area is 249 Å². The molecular formula is C34H36F3NO5. The number of rotatable bonds is 14. The highest BCUT2D eigenvalue weighted by atomic mass is 19.4. The molecule has 9 heteroatoms. The van der Waals surface area contributed by atoms with Gasteiger partial charge in [0.1, 0.15) is 6.61 Å². The SMILES string of the molecule is O=C(O)CCC/C=C\C[C@@H]1[C@@H](C=NOCc2ccc(C(F)(F)F)cc2)[C@H](O)C[C@@H]1OCc1ccc(-c2ccccc2)cc1. The third kappa shape index (κ3) is 9.80. The number of ether oxygens (including phenoxy) is 1. The number of carboxylic acids is 1. The molecule has 1 aliphatic carbocycles. The molecule has 228 valence electrons. The van der Waals surface area contributed by atoms with Crippen molar-refractivity contribution in [1.82, 2.24) is 0 Å². The van der Waals surface area contributed by atoms with Crippen LogP contribution >= 0.6 is 0 Å². The summed E-state index contributed by atoms with van der Waals surface area (Å²) in [6, 6.07) is 22.9. The first kappa shape index (κ1) is 32.0. The van der Waals surface area contributed by atoms with Crippen molar-refractivity contribution in [1.29, 1.82) is 0 Å². The van der Waals surface area contributed by atoms with Crippen LogP contribution in [0.3, 0.4) is 0 Å². The highest BCUT2D eigenvalue weighted by molar-refractivity contribution is 5.66. The lowest BCUT2D eigenvalue weighted by molar-refractivity contribution is -0.138. The molecule has 6 nitrogen and oxygen atoms in total. The third-order valence-corrected chi connectivity index (χ3v) is 7.57. The lowest BCUT2D eigenvalue weighted by atomic mass is 9.91. The average molecular weight is 596 g/mol. The van der Waals surface area contributed by atoms with Gasteiger partial charge in [0.2, 0.25) is 0 Å². The van der Waals surface area contributed by atoms with Crippen molar-refractivity contribution in [2.75, 3.05) is 0 Å². The molecule has 1 saturated carbocycles. The highest BCUT2D eigenvalue weighted by Gasteiger charge is 2.42. The average Bonchev–Trinajstić information content (AvgIpc) is 3.29. The summed E-state index contributed by atoms with van der Waals surface area (Å²) in [4.78, 5) is 16.1. The van der Waals surface area contributed by atoms with Crippen LogP contribution in [-0.2, 0) is 33.8 Å². The second-order valence-corrected chi connectivity index (χ2v) is 10.7. The van der Waals surface area contributed by atoms with Crippen LogP contribution in [0.4, 0.5) is 13.2 Å². The summed E-state index contributed by atoms with van der Waals surface area (Å²) >= 11 is 0. The summed E-state index contributed by atoms with van der Waals surface area (Å²) in [6.07, 6.45) is 2.40. The minimum absolute atomic E-state index is 0.00942. The zero-order valence-electron chi connectivity index (χ0n) is 23.7. The number of nitrogens with zero attached hydrogens (tertiary/aromatic N) is 1. The Kier molecular flexibility index (Phi) is 11.5. The van der Waals surface area contributed by atoms with Gasteiger partial charge in [0.15, 0.2) is 0 Å². The minimum atomic E-state index is -4.40. The van der Waals surface area contributed by atoms with Crippen LogP contribution in [-0.4, -0.2) is 34.6 Å². The number of halogens is 3. The van der Waals surface area contributed by atoms with Crippen molar-refractivity contribution in [3.8, 4) is 11.1 Å². The van der Waals surface area contributed by atoms with E-state index >= 15 is 0 Å². The Morgan fingerprint density at radius 2 is 1.56 bits per heavy atom. The van der Waals surface area contributed by atoms with E-state index in [1.807, 2.05) is 42.5 Å². The van der Waals surface area contributed by atoms with Gasteiger partial charge >= 0.3 is 12.1 Å². The summed E-state index contributed by atoms with van der Waals surface area (Å²) in [6.45, 7) is 0.365. The number of hydrogen-bond donors (Lipinski definition) is 2. The Morgan fingerprint density at radius 3 is 2.23 bits per heavy atom. The lowest BCUT2D eigenvalue weighted by Crippen LogP contribution is -2.24. The molecule has 0 amide bonds. The maximum atomic E-state index is 12.8. The Balaban J connectivity index is 1.36. The first-order chi connectivity index (χ1) is 20.7. The third-order valence-electron chi connectivity index (χ3n) is 7.57. The van der Waals surface area contributed by atoms with Gasteiger partial charge in [-0.2, -0.15) is 13.2 Å². The molecule has 2 N–H and O–H groups in total. The number of hydrogen-bond acceptors (Lipinski definition) is 5. The normalized spacial score (nSPS) is 20.7. The predicted octanol–water partition coefficient (Wildman–Crippen LogP) is 7.66. The maximum Gasteiger partial charge on any atom is 0.416 e. The van der Waals surface area contributed by atoms with Gasteiger partial charge in [-0.05, 0) is 59.6 Å². The van der Waals surface area contributed by atoms with Crippen LogP contribution in [0.2, 0.25) is 0 Å². The Morgan fingerprint density at radius 1 is 0.907 bits per heavy atom. The molecule has 0 unspecified atom stereocenters. The monoisotopic (exact) mass is 595 g/mol. The van der Waals surface area contributed by atoms with Gasteiger partial charge in [0.25, 0.3) is 0 Å². The fraction of sp³-hybridized carbons (Fsp3) is 0.353. The van der Waals surface area contributed by atoms with Crippen LogP contribution in [0, 0.1) is 11.8 Å². The number of carboxylic acid groups (broad SMARTS) is 1. The molecule has 4 atom stereocenters. The number of unbranched alkanes of at least 4 members (excludes halogenated alkanes) is 1. The van der Waals surface area contributed by atoms with Gasteiger partial charge in [0, 0.05) is 25.0 Å². The summed E-state index contributed by atoms with van der Waals surface area (Å²) in [5.74, 6) is -1.29. The van der Waals surface area contributed by atoms with E-state index in [1.165, 1.54) is 12.1 Å². The van der Waals surface area contributed by atoms with Gasteiger partial charge in [0.05, 0.1) is 24.4 Å². The van der Waals surface area contributed by atoms with Crippen LogP contribution in [0.5, 0.6) is 0 Å². The number of oxime groups is 1. The summed E-state index contributed by atoms with van der Waals surface area (Å²) in [7, 11) is 0. The van der Waals surface area contributed by atoms with Crippen molar-refractivity contribution in [2.24, 2.45) is 17.0 Å². The number of aliphatic hydroxyl groups excluding tert-OH is 1. The highest BCUT2D eigenvalue weighted by Crippen LogP contribution is 2.37. The number of aliphatic carboxylic acids is 1. The lowest BCUT2D eigenvalue weighted by Gasteiger charge is -2.22. The molecule has 0 radical (unpaired) electrons. The van der Waals surface area contributed by atoms with Gasteiger partial charge in [-0.3, -0.25) is 4.79 Å². The fourth-order valence-corrected chi connectivity index (χ4v) is 5.20. The van der Waals surface area contributed by atoms with Crippen molar-refractivity contribution in [3.05, 3.63) is 108 Å². The number of carbonyl (C=O) groups is 1. The van der Waals surface area contributed by atoms with E-state index in [0.29, 0.717) is 37.9 Å². The molecule has 0 aliphatic heterocycles. The summed E-state index contributed by atoms with van der Waals surface area (Å²) in [5.41, 5.74) is 3.06. The molecule has 43 heavy (non-hydrogen) atoms. The standard InChI is InChI=1S/C34H36F3NO5/c35-34(36,37)28-18-14-25(15-19-28)23-43-38-21-30-29(10-6-1-2-7-11-33(40)41)32(20-31(30)39)42-22-24-12-16-27(17-13-24)26-8-4-3-5-9-26/h1,3-6,8-9,12-19,21,29-32,39H,2,7,10-11,20,22-23H2,(H,40,41)/b6-1-,38-21?/t29-,30-,31-,32+/m1/s1. The van der Waals surface area contributed by atoms with Gasteiger partial charge in [-0.15, -0.1) is 0 Å². The zero-order valence-corrected chi connectivity index (χ0v) is 23.7. The van der Waals surface area contributed by atoms with E-state index in [-0.39, 0.29) is 31.0 Å². The predicted molar refractivity (Wildman–Crippen MR) is 158 cm³/mol. The van der Waals surface area contributed by atoms with Crippen molar-refractivity contribution in [2.45, 2.75) is 63.7 Å². The molecule has 4 rings (SSSR count). The number of benzene rings is 3. The molecule has 3 aromatic rings. The quantitative estimate of drug-likeness (QED) is 0.0865. The summed E-state index contributed by atoms with van der Waals surface area (Å²) < 4.78 is 44.7. The zero-order chi connectivity index (χ0) is 30.7. The number of alkyl halides is 3. The number of aliphatic hydroxyl groups is 1. The molecule has 1 aliphatic rings. The van der Waals surface area contributed by atoms with Crippen molar-refractivity contribution >= 4 is 12.2 Å². The van der Waals surface area contributed by atoms with Gasteiger partial charge in [-0.1, -0.05) is 84.0 Å². The molecule has 0 saturated heterocycles. The number of allylic oxidation sites excluding steroid dienone is 2. The largest absolute Gasteiger partial charge is 0.481 e. The maximum absolute atomic E-state index is 12.8. The first-order valence-corrected chi connectivity index (χ1v) is 14.3. The molecule has 1 fully saturated rings. The fourth-order valence-electron chi connectivity index (χ4n) is 5.20. The topological polar surface area (TPSA) is 88.4 Å². The second kappa shape index (κ2) is 15.5. The van der Waals surface area contributed by atoms with Crippen LogP contribution in [0.25, 0.3) is 11.1 Å². The van der Waals surface area contributed by atoms with E-state index < -0.39 is 23.8 Å². The van der Waals surface area contributed by atoms with E-state index in [0.717, 1.165) is 28.8 Å². The van der Waals surface area contributed by atoms with E-state index in [2.05, 4.69) is 29.4 Å². The first-order valence-electron chi connectivity index (χ1n) is 14.3. The van der Waals surface area contributed by atoms with Crippen LogP contribution < -0.4 is 0 Å². The smallest absolute Gasteiger partial charge is 0.416 e. The molecule has 0 heterocycles. The van der Waals surface area contributed by atoms with Crippen LogP contribution in [0.15, 0.2) is 96.2 Å². The minimum Gasteiger partial charge on any atom is -0.481 e. The van der Waals surface area contributed by atoms with Gasteiger partial charge in [-0.25, -0.2) is 0 Å². The second-order valence-electron chi connectivity index (χ2n) is 10.7. The van der Waals surface area contributed by atoms with E-state index in [9.17, 15) is 23.1 Å². The van der Waals surface area contributed by atoms with Crippen molar-refractivity contribution in [3.63, 3.8) is 0 Å². The van der Waals surface area contributed by atoms with E-state index in [1.54, 1.807) is 6.21 Å². The molecule has 3 aromatic carbocycles. The molecular weight excluding hydrogens is 559 g/mol.